The molecule has 4 heteroatoms. The van der Waals surface area contributed by atoms with Gasteiger partial charge < -0.3 is 4.74 Å². The second kappa shape index (κ2) is 3.62. The van der Waals surface area contributed by atoms with E-state index >= 15 is 0 Å². The molecule has 0 spiro atoms. The molecule has 13 heavy (non-hydrogen) atoms. The molecular weight excluding hydrogens is 232 g/mol. The summed E-state index contributed by atoms with van der Waals surface area (Å²) >= 11 is 3.45. The van der Waals surface area contributed by atoms with E-state index < -0.39 is 0 Å². The van der Waals surface area contributed by atoms with Crippen molar-refractivity contribution in [2.45, 2.75) is 26.2 Å². The van der Waals surface area contributed by atoms with Gasteiger partial charge in [0.15, 0.2) is 0 Å². The quantitative estimate of drug-likeness (QED) is 0.762. The van der Waals surface area contributed by atoms with Crippen LogP contribution in [0.4, 0.5) is 0 Å². The first kappa shape index (κ1) is 10.4. The number of nitrogens with zero attached hydrogens (tertiary/aromatic N) is 2. The van der Waals surface area contributed by atoms with Gasteiger partial charge in [-0.2, -0.15) is 5.10 Å². The van der Waals surface area contributed by atoms with Crippen LogP contribution in [0.25, 0.3) is 0 Å². The molecule has 0 radical (unpaired) electrons. The Kier molecular flexibility index (Phi) is 2.91. The van der Waals surface area contributed by atoms with Crippen molar-refractivity contribution >= 4 is 15.9 Å². The Morgan fingerprint density at radius 2 is 2.00 bits per heavy atom. The Labute approximate surface area is 86.6 Å². The van der Waals surface area contributed by atoms with Crippen LogP contribution >= 0.6 is 15.9 Å². The molecule has 0 amide bonds. The second-order valence-corrected chi connectivity index (χ2v) is 4.62. The van der Waals surface area contributed by atoms with Crippen LogP contribution in [0.1, 0.15) is 26.3 Å². The monoisotopic (exact) mass is 244 g/mol. The van der Waals surface area contributed by atoms with Gasteiger partial charge in [-0.1, -0.05) is 20.8 Å². The molecule has 0 unspecified atom stereocenters. The SMILES string of the molecule is COc1nncc(C(C)(C)C)c1Br. The molecule has 3 nitrogen and oxygen atoms in total. The fourth-order valence-electron chi connectivity index (χ4n) is 1.01. The van der Waals surface area contributed by atoms with Crippen molar-refractivity contribution in [2.24, 2.45) is 0 Å². The van der Waals surface area contributed by atoms with Gasteiger partial charge >= 0.3 is 0 Å². The molecule has 0 N–H and O–H groups in total. The molecule has 0 aliphatic rings. The lowest BCUT2D eigenvalue weighted by molar-refractivity contribution is 0.385. The van der Waals surface area contributed by atoms with Gasteiger partial charge in [-0.25, -0.2) is 0 Å². The lowest BCUT2D eigenvalue weighted by Gasteiger charge is -2.20. The average Bonchev–Trinajstić information content (AvgIpc) is 2.02. The molecule has 0 aromatic carbocycles. The Bertz CT molecular complexity index is 307. The number of hydrogen-bond donors (Lipinski definition) is 0. The van der Waals surface area contributed by atoms with Crippen LogP contribution in [0.2, 0.25) is 0 Å². The van der Waals surface area contributed by atoms with E-state index in [9.17, 15) is 0 Å². The van der Waals surface area contributed by atoms with Crippen molar-refractivity contribution in [3.8, 4) is 5.88 Å². The van der Waals surface area contributed by atoms with Gasteiger partial charge in [-0.05, 0) is 26.9 Å². The minimum absolute atomic E-state index is 0.0437. The van der Waals surface area contributed by atoms with E-state index in [1.165, 1.54) is 0 Å². The van der Waals surface area contributed by atoms with E-state index in [-0.39, 0.29) is 5.41 Å². The van der Waals surface area contributed by atoms with E-state index in [0.717, 1.165) is 10.0 Å². The van der Waals surface area contributed by atoms with Gasteiger partial charge in [-0.3, -0.25) is 0 Å². The Morgan fingerprint density at radius 3 is 2.46 bits per heavy atom. The summed E-state index contributed by atoms with van der Waals surface area (Å²) < 4.78 is 5.95. The van der Waals surface area contributed by atoms with Gasteiger partial charge in [0.05, 0.1) is 17.8 Å². The third-order valence-corrected chi connectivity index (χ3v) is 2.53. The lowest BCUT2D eigenvalue weighted by atomic mass is 9.89. The summed E-state index contributed by atoms with van der Waals surface area (Å²) in [6, 6.07) is 0. The zero-order chi connectivity index (χ0) is 10.1. The van der Waals surface area contributed by atoms with Crippen LogP contribution in [-0.4, -0.2) is 17.3 Å². The Balaban J connectivity index is 3.24. The van der Waals surface area contributed by atoms with Crippen molar-refractivity contribution in [3.63, 3.8) is 0 Å². The molecule has 0 fully saturated rings. The number of rotatable bonds is 1. The summed E-state index contributed by atoms with van der Waals surface area (Å²) in [5.74, 6) is 0.535. The molecule has 1 rings (SSSR count). The molecule has 1 aromatic rings. The minimum atomic E-state index is 0.0437. The zero-order valence-electron chi connectivity index (χ0n) is 8.26. The first-order valence-electron chi connectivity index (χ1n) is 4.02. The standard InChI is InChI=1S/C9H13BrN2O/c1-9(2,3)6-5-11-12-8(13-4)7(6)10/h5H,1-4H3. The third kappa shape index (κ3) is 2.18. The molecule has 0 atom stereocenters. The van der Waals surface area contributed by atoms with E-state index in [2.05, 4.69) is 46.9 Å². The summed E-state index contributed by atoms with van der Waals surface area (Å²) in [5, 5.41) is 7.73. The Morgan fingerprint density at radius 1 is 1.38 bits per heavy atom. The molecule has 0 aliphatic carbocycles. The van der Waals surface area contributed by atoms with Crippen LogP contribution < -0.4 is 4.74 Å². The first-order valence-corrected chi connectivity index (χ1v) is 4.81. The van der Waals surface area contributed by atoms with Gasteiger partial charge in [-0.15, -0.1) is 5.10 Å². The van der Waals surface area contributed by atoms with Crippen LogP contribution in [0.5, 0.6) is 5.88 Å². The fraction of sp³-hybridized carbons (Fsp3) is 0.556. The molecule has 0 aliphatic heterocycles. The highest BCUT2D eigenvalue weighted by Crippen LogP contribution is 2.33. The minimum Gasteiger partial charge on any atom is -0.479 e. The van der Waals surface area contributed by atoms with Crippen molar-refractivity contribution in [2.75, 3.05) is 7.11 Å². The number of aromatic nitrogens is 2. The number of ether oxygens (including phenoxy) is 1. The van der Waals surface area contributed by atoms with Crippen molar-refractivity contribution in [1.29, 1.82) is 0 Å². The summed E-state index contributed by atoms with van der Waals surface area (Å²) in [7, 11) is 1.58. The maximum atomic E-state index is 5.06. The van der Waals surface area contributed by atoms with E-state index in [4.69, 9.17) is 4.74 Å². The number of hydrogen-bond acceptors (Lipinski definition) is 3. The summed E-state index contributed by atoms with van der Waals surface area (Å²) in [6.45, 7) is 6.36. The van der Waals surface area contributed by atoms with Crippen molar-refractivity contribution in [1.82, 2.24) is 10.2 Å². The maximum absolute atomic E-state index is 5.06. The normalized spacial score (nSPS) is 11.5. The van der Waals surface area contributed by atoms with Crippen LogP contribution in [0.3, 0.4) is 0 Å². The second-order valence-electron chi connectivity index (χ2n) is 3.83. The smallest absolute Gasteiger partial charge is 0.247 e. The molecule has 0 saturated carbocycles. The highest BCUT2D eigenvalue weighted by molar-refractivity contribution is 9.10. The molecule has 0 saturated heterocycles. The van der Waals surface area contributed by atoms with Gasteiger partial charge in [0, 0.05) is 0 Å². The van der Waals surface area contributed by atoms with Gasteiger partial charge in [0.25, 0.3) is 0 Å². The van der Waals surface area contributed by atoms with Crippen LogP contribution in [-0.2, 0) is 5.41 Å². The third-order valence-electron chi connectivity index (χ3n) is 1.76. The van der Waals surface area contributed by atoms with E-state index in [1.54, 1.807) is 13.3 Å². The maximum Gasteiger partial charge on any atom is 0.247 e. The topological polar surface area (TPSA) is 35.0 Å². The summed E-state index contributed by atoms with van der Waals surface area (Å²) in [6.07, 6.45) is 1.76. The number of halogens is 1. The average molecular weight is 245 g/mol. The Hall–Kier alpha value is -0.640. The van der Waals surface area contributed by atoms with Crippen molar-refractivity contribution in [3.05, 3.63) is 16.2 Å². The van der Waals surface area contributed by atoms with Crippen molar-refractivity contribution < 1.29 is 4.74 Å². The molecule has 1 heterocycles. The highest BCUT2D eigenvalue weighted by Gasteiger charge is 2.20. The molecule has 1 aromatic heterocycles. The zero-order valence-corrected chi connectivity index (χ0v) is 9.84. The first-order chi connectivity index (χ1) is 5.96. The molecule has 72 valence electrons. The van der Waals surface area contributed by atoms with Gasteiger partial charge in [0.1, 0.15) is 0 Å². The predicted molar refractivity (Wildman–Crippen MR) is 55.0 cm³/mol. The lowest BCUT2D eigenvalue weighted by Crippen LogP contribution is -2.13. The highest BCUT2D eigenvalue weighted by atomic mass is 79.9. The van der Waals surface area contributed by atoms with Gasteiger partial charge in [0.2, 0.25) is 5.88 Å². The van der Waals surface area contributed by atoms with Crippen LogP contribution in [0, 0.1) is 0 Å². The number of methoxy groups -OCH3 is 1. The fourth-order valence-corrected chi connectivity index (χ4v) is 1.95. The van der Waals surface area contributed by atoms with E-state index in [0.29, 0.717) is 5.88 Å². The predicted octanol–water partition coefficient (Wildman–Crippen LogP) is 2.55. The van der Waals surface area contributed by atoms with E-state index in [1.807, 2.05) is 0 Å². The largest absolute Gasteiger partial charge is 0.479 e. The van der Waals surface area contributed by atoms with Crippen LogP contribution in [0.15, 0.2) is 10.7 Å². The summed E-state index contributed by atoms with van der Waals surface area (Å²) in [4.78, 5) is 0. The summed E-state index contributed by atoms with van der Waals surface area (Å²) in [5.41, 5.74) is 1.14. The molecule has 0 bridgehead atoms. The molecular formula is C9H13BrN2O.